The van der Waals surface area contributed by atoms with Gasteiger partial charge in [0.15, 0.2) is 0 Å². The Morgan fingerprint density at radius 2 is 1.89 bits per heavy atom. The van der Waals surface area contributed by atoms with E-state index in [9.17, 15) is 9.59 Å². The maximum Gasteiger partial charge on any atom is 0.263 e. The molecule has 0 saturated heterocycles. The van der Waals surface area contributed by atoms with Gasteiger partial charge in [0.25, 0.3) is 11.5 Å². The summed E-state index contributed by atoms with van der Waals surface area (Å²) in [6.07, 6.45) is 4.12. The molecule has 0 spiro atoms. The van der Waals surface area contributed by atoms with Crippen molar-refractivity contribution in [2.45, 2.75) is 39.0 Å². The summed E-state index contributed by atoms with van der Waals surface area (Å²) in [7, 11) is 1.66. The molecular weight excluding hydrogens is 456 g/mol. The van der Waals surface area contributed by atoms with Crippen LogP contribution in [0.3, 0.4) is 0 Å². The summed E-state index contributed by atoms with van der Waals surface area (Å²) in [6, 6.07) is 13.9. The van der Waals surface area contributed by atoms with Gasteiger partial charge in [-0.05, 0) is 64.3 Å². The topological polar surface area (TPSA) is 51.0 Å². The summed E-state index contributed by atoms with van der Waals surface area (Å²) < 4.78 is 7.93. The maximum atomic E-state index is 14.0. The fourth-order valence-corrected chi connectivity index (χ4v) is 5.53. The average molecular weight is 489 g/mol. The highest BCUT2D eigenvalue weighted by atomic mass is 32.1. The van der Waals surface area contributed by atoms with E-state index in [0.717, 1.165) is 35.0 Å². The Labute approximate surface area is 210 Å². The van der Waals surface area contributed by atoms with E-state index in [1.807, 2.05) is 40.6 Å². The molecule has 0 bridgehead atoms. The van der Waals surface area contributed by atoms with Gasteiger partial charge in [0.05, 0.1) is 22.4 Å². The lowest BCUT2D eigenvalue weighted by Gasteiger charge is -2.24. The van der Waals surface area contributed by atoms with E-state index in [0.29, 0.717) is 35.7 Å². The second kappa shape index (κ2) is 9.25. The molecule has 4 aromatic rings. The van der Waals surface area contributed by atoms with Crippen LogP contribution in [0, 0.1) is 5.92 Å². The number of rotatable bonds is 7. The predicted molar refractivity (Wildman–Crippen MR) is 144 cm³/mol. The lowest BCUT2D eigenvalue weighted by atomic mass is 9.86. The van der Waals surface area contributed by atoms with E-state index in [4.69, 9.17) is 4.74 Å². The molecule has 182 valence electrons. The SMILES string of the molecule is COCCN(CC1CC1)C(=O)c1cc(-c2ccc(C(C)(C)C)cc2)c(=O)n2ccc3ccsc3c12. The molecule has 5 rings (SSSR count). The molecule has 1 aliphatic rings. The molecule has 1 aliphatic carbocycles. The molecular formula is C29H32N2O3S. The van der Waals surface area contributed by atoms with Crippen molar-refractivity contribution in [2.75, 3.05) is 26.8 Å². The van der Waals surface area contributed by atoms with Gasteiger partial charge in [0.1, 0.15) is 0 Å². The zero-order valence-corrected chi connectivity index (χ0v) is 21.7. The molecule has 5 nitrogen and oxygen atoms in total. The predicted octanol–water partition coefficient (Wildman–Crippen LogP) is 5.98. The largest absolute Gasteiger partial charge is 0.383 e. The van der Waals surface area contributed by atoms with Crippen molar-refractivity contribution in [1.29, 1.82) is 0 Å². The third-order valence-corrected chi connectivity index (χ3v) is 7.81. The first-order chi connectivity index (χ1) is 16.8. The van der Waals surface area contributed by atoms with Crippen molar-refractivity contribution >= 4 is 32.8 Å². The van der Waals surface area contributed by atoms with E-state index >= 15 is 0 Å². The molecule has 1 amide bonds. The molecule has 0 aliphatic heterocycles. The summed E-state index contributed by atoms with van der Waals surface area (Å²) in [5, 5.41) is 3.05. The maximum absolute atomic E-state index is 14.0. The molecule has 1 fully saturated rings. The molecule has 0 atom stereocenters. The normalized spacial score (nSPS) is 14.1. The van der Waals surface area contributed by atoms with Crippen LogP contribution < -0.4 is 5.56 Å². The van der Waals surface area contributed by atoms with E-state index in [2.05, 4.69) is 32.9 Å². The first-order valence-corrected chi connectivity index (χ1v) is 13.1. The Kier molecular flexibility index (Phi) is 6.28. The minimum Gasteiger partial charge on any atom is -0.383 e. The quantitative estimate of drug-likeness (QED) is 0.322. The fraction of sp³-hybridized carbons (Fsp3) is 0.379. The Hall–Kier alpha value is -2.96. The van der Waals surface area contributed by atoms with Gasteiger partial charge in [-0.1, -0.05) is 45.0 Å². The van der Waals surface area contributed by atoms with Gasteiger partial charge in [-0.2, -0.15) is 0 Å². The van der Waals surface area contributed by atoms with E-state index in [-0.39, 0.29) is 16.9 Å². The van der Waals surface area contributed by atoms with Gasteiger partial charge in [-0.3, -0.25) is 14.0 Å². The first kappa shape index (κ1) is 23.8. The van der Waals surface area contributed by atoms with Crippen LogP contribution in [0.5, 0.6) is 0 Å². The number of ether oxygens (including phenoxy) is 1. The molecule has 0 unspecified atom stereocenters. The second-order valence-electron chi connectivity index (χ2n) is 10.5. The van der Waals surface area contributed by atoms with E-state index in [1.165, 1.54) is 5.56 Å². The van der Waals surface area contributed by atoms with Gasteiger partial charge < -0.3 is 9.64 Å². The lowest BCUT2D eigenvalue weighted by Crippen LogP contribution is -2.36. The average Bonchev–Trinajstić information content (AvgIpc) is 3.53. The number of benzene rings is 1. The zero-order chi connectivity index (χ0) is 24.7. The van der Waals surface area contributed by atoms with Crippen LogP contribution in [0.25, 0.3) is 26.7 Å². The lowest BCUT2D eigenvalue weighted by molar-refractivity contribution is 0.0688. The number of amides is 1. The summed E-state index contributed by atoms with van der Waals surface area (Å²) >= 11 is 1.56. The number of methoxy groups -OCH3 is 1. The van der Waals surface area contributed by atoms with Crippen molar-refractivity contribution in [3.63, 3.8) is 0 Å². The van der Waals surface area contributed by atoms with Crippen LogP contribution in [0.2, 0.25) is 0 Å². The number of hydrogen-bond donors (Lipinski definition) is 0. The number of pyridine rings is 2. The summed E-state index contributed by atoms with van der Waals surface area (Å²) in [5.74, 6) is 0.514. The number of carbonyl (C=O) groups is 1. The standard InChI is InChI=1S/C29H32N2O3S/c1-29(2,3)22-9-7-20(8-10-22)23-17-24(27(32)30(14-15-34-4)18-19-5-6-19)25-26-21(12-16-35-26)11-13-31(25)28(23)33/h7-13,16-17,19H,5-6,14-15,18H2,1-4H3. The molecule has 3 aromatic heterocycles. The van der Waals surface area contributed by atoms with Gasteiger partial charge in [-0.15, -0.1) is 11.3 Å². The van der Waals surface area contributed by atoms with Gasteiger partial charge >= 0.3 is 0 Å². The number of carbonyl (C=O) groups excluding carboxylic acids is 1. The number of hydrogen-bond acceptors (Lipinski definition) is 4. The Balaban J connectivity index is 1.70. The molecule has 0 radical (unpaired) electrons. The van der Waals surface area contributed by atoms with E-state index in [1.54, 1.807) is 29.0 Å². The highest BCUT2D eigenvalue weighted by Crippen LogP contribution is 2.33. The summed E-state index contributed by atoms with van der Waals surface area (Å²) in [5.41, 5.74) is 3.75. The minimum absolute atomic E-state index is 0.0214. The van der Waals surface area contributed by atoms with Crippen LogP contribution >= 0.6 is 11.3 Å². The van der Waals surface area contributed by atoms with Crippen molar-refractivity contribution in [2.24, 2.45) is 5.92 Å². The Bertz CT molecular complexity index is 1440. The highest BCUT2D eigenvalue weighted by Gasteiger charge is 2.29. The third kappa shape index (κ3) is 4.65. The van der Waals surface area contributed by atoms with Crippen LogP contribution in [-0.2, 0) is 10.2 Å². The van der Waals surface area contributed by atoms with Crippen molar-refractivity contribution in [3.05, 3.63) is 75.5 Å². The Morgan fingerprint density at radius 1 is 1.14 bits per heavy atom. The number of fused-ring (bicyclic) bond motifs is 3. The Morgan fingerprint density at radius 3 is 2.54 bits per heavy atom. The molecule has 6 heteroatoms. The van der Waals surface area contributed by atoms with Crippen LogP contribution in [-0.4, -0.2) is 42.0 Å². The molecule has 1 saturated carbocycles. The number of thiophene rings is 1. The van der Waals surface area contributed by atoms with E-state index < -0.39 is 0 Å². The smallest absolute Gasteiger partial charge is 0.263 e. The van der Waals surface area contributed by atoms with Crippen LogP contribution in [0.1, 0.15) is 49.5 Å². The molecule has 0 N–H and O–H groups in total. The summed E-state index contributed by atoms with van der Waals surface area (Å²) in [4.78, 5) is 29.6. The first-order valence-electron chi connectivity index (χ1n) is 12.2. The molecule has 35 heavy (non-hydrogen) atoms. The van der Waals surface area contributed by atoms with Crippen molar-refractivity contribution in [1.82, 2.24) is 9.30 Å². The zero-order valence-electron chi connectivity index (χ0n) is 20.8. The van der Waals surface area contributed by atoms with Crippen LogP contribution in [0.15, 0.2) is 58.8 Å². The van der Waals surface area contributed by atoms with Crippen molar-refractivity contribution in [3.8, 4) is 11.1 Å². The van der Waals surface area contributed by atoms with Gasteiger partial charge in [0, 0.05) is 32.0 Å². The summed E-state index contributed by atoms with van der Waals surface area (Å²) in [6.45, 7) is 8.26. The van der Waals surface area contributed by atoms with Gasteiger partial charge in [-0.25, -0.2) is 0 Å². The van der Waals surface area contributed by atoms with Crippen molar-refractivity contribution < 1.29 is 9.53 Å². The van der Waals surface area contributed by atoms with Crippen LogP contribution in [0.4, 0.5) is 0 Å². The third-order valence-electron chi connectivity index (χ3n) is 6.87. The monoisotopic (exact) mass is 488 g/mol. The molecule has 3 heterocycles. The fourth-order valence-electron chi connectivity index (χ4n) is 4.59. The second-order valence-corrected chi connectivity index (χ2v) is 11.4. The van der Waals surface area contributed by atoms with Gasteiger partial charge in [0.2, 0.25) is 0 Å². The number of nitrogens with zero attached hydrogens (tertiary/aromatic N) is 2. The highest BCUT2D eigenvalue weighted by molar-refractivity contribution is 7.18. The minimum atomic E-state index is -0.110. The molecule has 1 aromatic carbocycles. The number of aromatic nitrogens is 1.